The third kappa shape index (κ3) is 1.63. The minimum Gasteiger partial charge on any atom is -0.384 e. The first kappa shape index (κ1) is 12.6. The monoisotopic (exact) mass is 256 g/mol. The van der Waals surface area contributed by atoms with Crippen molar-refractivity contribution in [1.82, 2.24) is 0 Å². The van der Waals surface area contributed by atoms with E-state index >= 15 is 0 Å². The van der Waals surface area contributed by atoms with Crippen LogP contribution in [0.3, 0.4) is 0 Å². The molecule has 0 fully saturated rings. The summed E-state index contributed by atoms with van der Waals surface area (Å²) in [6.07, 6.45) is 0. The third-order valence-corrected chi connectivity index (χ3v) is 4.57. The molecule has 0 saturated carbocycles. The lowest BCUT2D eigenvalue weighted by Crippen LogP contribution is -2.38. The van der Waals surface area contributed by atoms with Crippen LogP contribution in [0.4, 0.5) is 0 Å². The summed E-state index contributed by atoms with van der Waals surface area (Å²) in [4.78, 5) is 0. The third-order valence-electron chi connectivity index (χ3n) is 4.57. The molecule has 0 saturated heterocycles. The number of hydrogen-bond donors (Lipinski definition) is 0. The fraction of sp³-hybridized carbons (Fsp3) is 0.412. The van der Waals surface area contributed by atoms with Gasteiger partial charge in [0.1, 0.15) is 0 Å². The van der Waals surface area contributed by atoms with E-state index in [1.807, 2.05) is 0 Å². The van der Waals surface area contributed by atoms with E-state index in [4.69, 9.17) is 9.47 Å². The topological polar surface area (TPSA) is 18.5 Å². The second kappa shape index (κ2) is 4.62. The van der Waals surface area contributed by atoms with Gasteiger partial charge in [0.05, 0.1) is 13.2 Å². The lowest BCUT2D eigenvalue weighted by atomic mass is 9.75. The lowest BCUT2D eigenvalue weighted by molar-refractivity contribution is 0.0503. The van der Waals surface area contributed by atoms with Crippen molar-refractivity contribution in [3.63, 3.8) is 0 Å². The Morgan fingerprint density at radius 3 is 2.26 bits per heavy atom. The van der Waals surface area contributed by atoms with Crippen LogP contribution in [-0.4, -0.2) is 27.4 Å². The number of hydrogen-bond acceptors (Lipinski definition) is 2. The highest BCUT2D eigenvalue weighted by Crippen LogP contribution is 2.50. The molecule has 1 aliphatic rings. The van der Waals surface area contributed by atoms with E-state index in [2.05, 4.69) is 43.3 Å². The van der Waals surface area contributed by atoms with Crippen molar-refractivity contribution >= 4 is 10.8 Å². The molecular formula is C17H20O2. The standard InChI is InChI=1S/C17H20O2/c1-12-14-8-4-6-13-7-5-9-15(16(13)14)17(12,10-18-2)11-19-3/h4-9,12H,10-11H2,1-3H3. The van der Waals surface area contributed by atoms with Crippen molar-refractivity contribution < 1.29 is 9.47 Å². The Labute approximate surface area is 114 Å². The first-order valence-electron chi connectivity index (χ1n) is 6.74. The molecule has 19 heavy (non-hydrogen) atoms. The maximum absolute atomic E-state index is 5.53. The zero-order valence-corrected chi connectivity index (χ0v) is 11.8. The molecular weight excluding hydrogens is 236 g/mol. The Hall–Kier alpha value is -1.38. The first-order chi connectivity index (χ1) is 9.24. The van der Waals surface area contributed by atoms with E-state index in [9.17, 15) is 0 Å². The molecule has 0 heterocycles. The SMILES string of the molecule is COCC1(COC)c2cccc3cccc(c23)C1C. The summed E-state index contributed by atoms with van der Waals surface area (Å²) >= 11 is 0. The number of rotatable bonds is 4. The van der Waals surface area contributed by atoms with E-state index in [-0.39, 0.29) is 5.41 Å². The summed E-state index contributed by atoms with van der Waals surface area (Å²) < 4.78 is 11.1. The Balaban J connectivity index is 2.29. The fourth-order valence-electron chi connectivity index (χ4n) is 3.64. The van der Waals surface area contributed by atoms with Gasteiger partial charge in [-0.1, -0.05) is 43.3 Å². The van der Waals surface area contributed by atoms with Gasteiger partial charge in [-0.05, 0) is 27.8 Å². The molecule has 0 spiro atoms. The van der Waals surface area contributed by atoms with Crippen LogP contribution >= 0.6 is 0 Å². The summed E-state index contributed by atoms with van der Waals surface area (Å²) in [6, 6.07) is 13.1. The van der Waals surface area contributed by atoms with Crippen LogP contribution < -0.4 is 0 Å². The zero-order chi connectivity index (χ0) is 13.5. The number of methoxy groups -OCH3 is 2. The molecule has 0 aliphatic heterocycles. The zero-order valence-electron chi connectivity index (χ0n) is 11.8. The van der Waals surface area contributed by atoms with Crippen molar-refractivity contribution in [3.05, 3.63) is 47.5 Å². The minimum absolute atomic E-state index is 0.0628. The summed E-state index contributed by atoms with van der Waals surface area (Å²) in [5.41, 5.74) is 2.73. The van der Waals surface area contributed by atoms with Crippen LogP contribution in [0.1, 0.15) is 24.0 Å². The molecule has 0 N–H and O–H groups in total. The molecule has 1 aliphatic carbocycles. The Morgan fingerprint density at radius 1 is 1.00 bits per heavy atom. The van der Waals surface area contributed by atoms with Gasteiger partial charge in [0, 0.05) is 19.6 Å². The molecule has 100 valence electrons. The second-order valence-electron chi connectivity index (χ2n) is 5.49. The number of ether oxygens (including phenoxy) is 2. The van der Waals surface area contributed by atoms with Crippen molar-refractivity contribution in [2.24, 2.45) is 0 Å². The van der Waals surface area contributed by atoms with E-state index in [0.29, 0.717) is 19.1 Å². The highest BCUT2D eigenvalue weighted by molar-refractivity contribution is 5.93. The predicted molar refractivity (Wildman–Crippen MR) is 77.8 cm³/mol. The van der Waals surface area contributed by atoms with Crippen molar-refractivity contribution in [1.29, 1.82) is 0 Å². The molecule has 1 unspecified atom stereocenters. The van der Waals surface area contributed by atoms with Gasteiger partial charge in [-0.3, -0.25) is 0 Å². The Kier molecular flexibility index (Phi) is 3.08. The molecule has 2 nitrogen and oxygen atoms in total. The van der Waals surface area contributed by atoms with Crippen LogP contribution in [0.2, 0.25) is 0 Å². The van der Waals surface area contributed by atoms with Gasteiger partial charge < -0.3 is 9.47 Å². The average molecular weight is 256 g/mol. The van der Waals surface area contributed by atoms with Gasteiger partial charge in [0.2, 0.25) is 0 Å². The lowest BCUT2D eigenvalue weighted by Gasteiger charge is -2.34. The van der Waals surface area contributed by atoms with Gasteiger partial charge in [0.25, 0.3) is 0 Å². The van der Waals surface area contributed by atoms with Crippen LogP contribution in [0, 0.1) is 0 Å². The molecule has 2 aromatic carbocycles. The maximum atomic E-state index is 5.53. The second-order valence-corrected chi connectivity index (χ2v) is 5.49. The maximum Gasteiger partial charge on any atom is 0.0587 e. The van der Waals surface area contributed by atoms with Crippen LogP contribution in [0.15, 0.2) is 36.4 Å². The van der Waals surface area contributed by atoms with Gasteiger partial charge >= 0.3 is 0 Å². The normalized spacial score (nSPS) is 20.1. The molecule has 3 rings (SSSR count). The van der Waals surface area contributed by atoms with Crippen molar-refractivity contribution in [2.75, 3.05) is 27.4 Å². The average Bonchev–Trinajstić information content (AvgIpc) is 2.66. The van der Waals surface area contributed by atoms with E-state index < -0.39 is 0 Å². The van der Waals surface area contributed by atoms with E-state index in [1.54, 1.807) is 14.2 Å². The van der Waals surface area contributed by atoms with Crippen LogP contribution in [0.5, 0.6) is 0 Å². The van der Waals surface area contributed by atoms with Crippen molar-refractivity contribution in [2.45, 2.75) is 18.3 Å². The predicted octanol–water partition coefficient (Wildman–Crippen LogP) is 3.49. The van der Waals surface area contributed by atoms with Gasteiger partial charge in [-0.2, -0.15) is 0 Å². The highest BCUT2D eigenvalue weighted by Gasteiger charge is 2.45. The molecule has 0 radical (unpaired) electrons. The summed E-state index contributed by atoms with van der Waals surface area (Å²) in [5, 5.41) is 2.71. The van der Waals surface area contributed by atoms with Gasteiger partial charge in [-0.15, -0.1) is 0 Å². The largest absolute Gasteiger partial charge is 0.384 e. The van der Waals surface area contributed by atoms with Crippen molar-refractivity contribution in [3.8, 4) is 0 Å². The summed E-state index contributed by atoms with van der Waals surface area (Å²) in [5.74, 6) is 0.411. The first-order valence-corrected chi connectivity index (χ1v) is 6.74. The highest BCUT2D eigenvalue weighted by atomic mass is 16.5. The smallest absolute Gasteiger partial charge is 0.0587 e. The Morgan fingerprint density at radius 2 is 1.63 bits per heavy atom. The summed E-state index contributed by atoms with van der Waals surface area (Å²) in [7, 11) is 3.54. The molecule has 2 heteroatoms. The summed E-state index contributed by atoms with van der Waals surface area (Å²) in [6.45, 7) is 3.67. The number of benzene rings is 2. The van der Waals surface area contributed by atoms with Gasteiger partial charge in [0.15, 0.2) is 0 Å². The van der Waals surface area contributed by atoms with E-state index in [1.165, 1.54) is 21.9 Å². The molecule has 2 aromatic rings. The molecule has 0 aromatic heterocycles. The minimum atomic E-state index is -0.0628. The fourth-order valence-corrected chi connectivity index (χ4v) is 3.64. The van der Waals surface area contributed by atoms with Crippen LogP contribution in [0.25, 0.3) is 10.8 Å². The quantitative estimate of drug-likeness (QED) is 0.833. The molecule has 1 atom stereocenters. The van der Waals surface area contributed by atoms with E-state index in [0.717, 1.165) is 0 Å². The van der Waals surface area contributed by atoms with Crippen LogP contribution in [-0.2, 0) is 14.9 Å². The molecule has 0 bridgehead atoms. The molecule has 0 amide bonds. The van der Waals surface area contributed by atoms with Gasteiger partial charge in [-0.25, -0.2) is 0 Å². The Bertz CT molecular complexity index is 592.